The fraction of sp³-hybridized carbons (Fsp3) is 0.417. The predicted octanol–water partition coefficient (Wildman–Crippen LogP) is 2.18. The van der Waals surface area contributed by atoms with Gasteiger partial charge in [0.15, 0.2) is 0 Å². The Kier molecular flexibility index (Phi) is 3.56. The van der Waals surface area contributed by atoms with E-state index in [1.54, 1.807) is 0 Å². The molecule has 0 radical (unpaired) electrons. The zero-order chi connectivity index (χ0) is 11.4. The molecule has 1 aromatic rings. The molecule has 0 aliphatic rings. The van der Waals surface area contributed by atoms with Gasteiger partial charge >= 0.3 is 0 Å². The molecule has 3 nitrogen and oxygen atoms in total. The van der Waals surface area contributed by atoms with Gasteiger partial charge in [-0.2, -0.15) is 5.26 Å². The number of benzene rings is 1. The summed E-state index contributed by atoms with van der Waals surface area (Å²) in [6.07, 6.45) is 0.367. The van der Waals surface area contributed by atoms with Crippen molar-refractivity contribution in [2.45, 2.75) is 26.3 Å². The zero-order valence-corrected chi connectivity index (χ0v) is 9.49. The van der Waals surface area contributed by atoms with Gasteiger partial charge in [0.1, 0.15) is 0 Å². The van der Waals surface area contributed by atoms with Crippen LogP contribution in [0.5, 0.6) is 0 Å². The van der Waals surface area contributed by atoms with E-state index in [4.69, 9.17) is 11.0 Å². The molecular weight excluding hydrogens is 186 g/mol. The van der Waals surface area contributed by atoms with Crippen LogP contribution in [0.2, 0.25) is 0 Å². The molecule has 0 spiro atoms. The second-order valence-electron chi connectivity index (χ2n) is 3.92. The first-order valence-electron chi connectivity index (χ1n) is 5.04. The highest BCUT2D eigenvalue weighted by Crippen LogP contribution is 2.22. The maximum Gasteiger partial charge on any atom is 0.0670 e. The highest BCUT2D eigenvalue weighted by Gasteiger charge is 2.07. The Morgan fingerprint density at radius 1 is 1.47 bits per heavy atom. The van der Waals surface area contributed by atoms with Crippen molar-refractivity contribution in [1.82, 2.24) is 0 Å². The number of hydrogen-bond donors (Lipinski definition) is 1. The van der Waals surface area contributed by atoms with Crippen LogP contribution in [-0.2, 0) is 6.42 Å². The van der Waals surface area contributed by atoms with Crippen LogP contribution in [0, 0.1) is 11.3 Å². The van der Waals surface area contributed by atoms with E-state index < -0.39 is 0 Å². The van der Waals surface area contributed by atoms with E-state index in [2.05, 4.69) is 24.8 Å². The third-order valence-electron chi connectivity index (χ3n) is 2.58. The monoisotopic (exact) mass is 203 g/mol. The topological polar surface area (TPSA) is 53.0 Å². The SMILES string of the molecule is CC(C)N(C)c1ccc(N)c(CC#N)c1. The minimum absolute atomic E-state index is 0.367. The molecule has 0 unspecified atom stereocenters. The molecule has 2 N–H and O–H groups in total. The molecule has 0 aliphatic carbocycles. The smallest absolute Gasteiger partial charge is 0.0670 e. The van der Waals surface area contributed by atoms with Gasteiger partial charge in [-0.05, 0) is 37.6 Å². The van der Waals surface area contributed by atoms with Gasteiger partial charge in [-0.1, -0.05) is 0 Å². The van der Waals surface area contributed by atoms with Crippen molar-refractivity contribution in [3.63, 3.8) is 0 Å². The summed E-state index contributed by atoms with van der Waals surface area (Å²) in [6, 6.07) is 8.38. The van der Waals surface area contributed by atoms with Gasteiger partial charge in [0.05, 0.1) is 12.5 Å². The summed E-state index contributed by atoms with van der Waals surface area (Å²) < 4.78 is 0. The fourth-order valence-corrected chi connectivity index (χ4v) is 1.35. The number of anilines is 2. The third-order valence-corrected chi connectivity index (χ3v) is 2.58. The Morgan fingerprint density at radius 2 is 2.13 bits per heavy atom. The van der Waals surface area contributed by atoms with Gasteiger partial charge in [-0.3, -0.25) is 0 Å². The standard InChI is InChI=1S/C12H17N3/c1-9(2)15(3)11-4-5-12(14)10(8-11)6-7-13/h4-5,8-9H,6,14H2,1-3H3. The Balaban J connectivity index is 3.02. The normalized spacial score (nSPS) is 10.1. The number of nitriles is 1. The molecule has 0 aliphatic heterocycles. The largest absolute Gasteiger partial charge is 0.398 e. The summed E-state index contributed by atoms with van der Waals surface area (Å²) in [6.45, 7) is 4.25. The Bertz CT molecular complexity index is 377. The van der Waals surface area contributed by atoms with Crippen molar-refractivity contribution in [3.05, 3.63) is 23.8 Å². The van der Waals surface area contributed by atoms with E-state index in [-0.39, 0.29) is 0 Å². The van der Waals surface area contributed by atoms with Crippen LogP contribution in [0.3, 0.4) is 0 Å². The van der Waals surface area contributed by atoms with Gasteiger partial charge < -0.3 is 10.6 Å². The maximum absolute atomic E-state index is 8.66. The lowest BCUT2D eigenvalue weighted by molar-refractivity contribution is 0.754. The predicted molar refractivity (Wildman–Crippen MR) is 63.7 cm³/mol. The Hall–Kier alpha value is -1.69. The molecule has 0 fully saturated rings. The van der Waals surface area contributed by atoms with Crippen molar-refractivity contribution >= 4 is 11.4 Å². The van der Waals surface area contributed by atoms with E-state index in [1.165, 1.54) is 0 Å². The van der Waals surface area contributed by atoms with E-state index in [0.717, 1.165) is 11.3 Å². The molecule has 1 aromatic carbocycles. The average Bonchev–Trinajstić information content (AvgIpc) is 2.20. The van der Waals surface area contributed by atoms with Gasteiger partial charge in [-0.15, -0.1) is 0 Å². The molecular formula is C12H17N3. The zero-order valence-electron chi connectivity index (χ0n) is 9.49. The quantitative estimate of drug-likeness (QED) is 0.766. The molecule has 0 heterocycles. The van der Waals surface area contributed by atoms with E-state index >= 15 is 0 Å². The lowest BCUT2D eigenvalue weighted by atomic mass is 10.1. The van der Waals surface area contributed by atoms with Gasteiger partial charge in [0, 0.05) is 24.5 Å². The van der Waals surface area contributed by atoms with Crippen molar-refractivity contribution in [3.8, 4) is 6.07 Å². The minimum atomic E-state index is 0.367. The van der Waals surface area contributed by atoms with Crippen molar-refractivity contribution in [2.24, 2.45) is 0 Å². The highest BCUT2D eigenvalue weighted by atomic mass is 15.1. The van der Waals surface area contributed by atoms with Crippen molar-refractivity contribution < 1.29 is 0 Å². The van der Waals surface area contributed by atoms with Gasteiger partial charge in [0.2, 0.25) is 0 Å². The molecule has 80 valence electrons. The number of nitrogens with two attached hydrogens (primary N) is 1. The van der Waals surface area contributed by atoms with Gasteiger partial charge in [-0.25, -0.2) is 0 Å². The maximum atomic E-state index is 8.66. The Labute approximate surface area is 91.1 Å². The fourth-order valence-electron chi connectivity index (χ4n) is 1.35. The molecule has 0 saturated heterocycles. The van der Waals surface area contributed by atoms with Crippen LogP contribution < -0.4 is 10.6 Å². The van der Waals surface area contributed by atoms with Crippen LogP contribution in [0.25, 0.3) is 0 Å². The van der Waals surface area contributed by atoms with Crippen LogP contribution in [-0.4, -0.2) is 13.1 Å². The average molecular weight is 203 g/mol. The van der Waals surface area contributed by atoms with Crippen LogP contribution in [0.4, 0.5) is 11.4 Å². The Morgan fingerprint density at radius 3 is 2.67 bits per heavy atom. The summed E-state index contributed by atoms with van der Waals surface area (Å²) in [5.74, 6) is 0. The van der Waals surface area contributed by atoms with E-state index in [9.17, 15) is 0 Å². The lowest BCUT2D eigenvalue weighted by Crippen LogP contribution is -2.25. The summed E-state index contributed by atoms with van der Waals surface area (Å²) in [5.41, 5.74) is 8.48. The number of rotatable bonds is 3. The molecule has 0 amide bonds. The molecule has 3 heteroatoms. The molecule has 0 bridgehead atoms. The minimum Gasteiger partial charge on any atom is -0.398 e. The van der Waals surface area contributed by atoms with Crippen LogP contribution in [0.15, 0.2) is 18.2 Å². The summed E-state index contributed by atoms with van der Waals surface area (Å²) in [4.78, 5) is 2.15. The highest BCUT2D eigenvalue weighted by molar-refractivity contribution is 5.59. The first-order valence-corrected chi connectivity index (χ1v) is 5.04. The second kappa shape index (κ2) is 4.70. The lowest BCUT2D eigenvalue weighted by Gasteiger charge is -2.24. The molecule has 0 atom stereocenters. The summed E-state index contributed by atoms with van der Waals surface area (Å²) in [5, 5.41) is 8.66. The number of nitrogen functional groups attached to an aromatic ring is 1. The number of hydrogen-bond acceptors (Lipinski definition) is 3. The molecule has 1 rings (SSSR count). The van der Waals surface area contributed by atoms with Crippen LogP contribution in [0.1, 0.15) is 19.4 Å². The first-order chi connectivity index (χ1) is 7.06. The second-order valence-corrected chi connectivity index (χ2v) is 3.92. The molecule has 0 saturated carbocycles. The van der Waals surface area contributed by atoms with E-state index in [1.807, 2.05) is 25.2 Å². The van der Waals surface area contributed by atoms with E-state index in [0.29, 0.717) is 18.2 Å². The van der Waals surface area contributed by atoms with Gasteiger partial charge in [0.25, 0.3) is 0 Å². The molecule has 15 heavy (non-hydrogen) atoms. The van der Waals surface area contributed by atoms with Crippen molar-refractivity contribution in [2.75, 3.05) is 17.7 Å². The number of nitrogens with zero attached hydrogens (tertiary/aromatic N) is 2. The molecule has 0 aromatic heterocycles. The third kappa shape index (κ3) is 2.63. The summed E-state index contributed by atoms with van der Waals surface area (Å²) >= 11 is 0. The summed E-state index contributed by atoms with van der Waals surface area (Å²) in [7, 11) is 2.03. The van der Waals surface area contributed by atoms with Crippen molar-refractivity contribution in [1.29, 1.82) is 5.26 Å². The first kappa shape index (κ1) is 11.4. The van der Waals surface area contributed by atoms with Crippen LogP contribution >= 0.6 is 0 Å².